The highest BCUT2D eigenvalue weighted by molar-refractivity contribution is 6.02. The van der Waals surface area contributed by atoms with Gasteiger partial charge in [0.15, 0.2) is 5.78 Å². The molecule has 122 valence electrons. The van der Waals surface area contributed by atoms with Gasteiger partial charge in [0.1, 0.15) is 0 Å². The van der Waals surface area contributed by atoms with Crippen LogP contribution in [-0.4, -0.2) is 22.8 Å². The van der Waals surface area contributed by atoms with Crippen LogP contribution in [0.3, 0.4) is 0 Å². The van der Waals surface area contributed by atoms with Crippen molar-refractivity contribution in [2.24, 2.45) is 0 Å². The minimum Gasteiger partial charge on any atom is -0.462 e. The summed E-state index contributed by atoms with van der Waals surface area (Å²) in [7, 11) is 0. The number of nitrogens with two attached hydrogens (primary N) is 1. The molecule has 2 heterocycles. The van der Waals surface area contributed by atoms with Crippen LogP contribution in [0.2, 0.25) is 0 Å². The molecule has 0 saturated heterocycles. The van der Waals surface area contributed by atoms with Crippen molar-refractivity contribution in [3.8, 4) is 11.1 Å². The third kappa shape index (κ3) is 2.76. The second-order valence-corrected chi connectivity index (χ2v) is 5.52. The van der Waals surface area contributed by atoms with Gasteiger partial charge in [-0.15, -0.1) is 0 Å². The number of fused-ring (bicyclic) bond motifs is 1. The maximum absolute atomic E-state index is 12.2. The van der Waals surface area contributed by atoms with Crippen molar-refractivity contribution < 1.29 is 14.3 Å². The second kappa shape index (κ2) is 6.20. The second-order valence-electron chi connectivity index (χ2n) is 5.52. The number of hydrogen-bond acceptors (Lipinski definition) is 4. The number of nitrogens with zero attached hydrogens (tertiary/aromatic N) is 1. The average molecular weight is 322 g/mol. The van der Waals surface area contributed by atoms with Crippen LogP contribution in [-0.2, 0) is 4.74 Å². The lowest BCUT2D eigenvalue weighted by atomic mass is 10.0. The van der Waals surface area contributed by atoms with Crippen LogP contribution in [0, 0.1) is 0 Å². The molecular formula is C19H18N2O3. The van der Waals surface area contributed by atoms with Crippen LogP contribution in [0.5, 0.6) is 0 Å². The number of pyridine rings is 1. The lowest BCUT2D eigenvalue weighted by molar-refractivity contribution is 0.0525. The van der Waals surface area contributed by atoms with E-state index in [4.69, 9.17) is 10.5 Å². The summed E-state index contributed by atoms with van der Waals surface area (Å²) in [6.45, 7) is 3.57. The van der Waals surface area contributed by atoms with E-state index in [2.05, 4.69) is 0 Å². The number of hydrogen-bond donors (Lipinski definition) is 1. The quantitative estimate of drug-likeness (QED) is 0.453. The first-order valence-corrected chi connectivity index (χ1v) is 7.70. The van der Waals surface area contributed by atoms with Crippen LogP contribution in [0.1, 0.15) is 34.7 Å². The predicted octanol–water partition coefficient (Wildman–Crippen LogP) is 3.57. The largest absolute Gasteiger partial charge is 0.462 e. The summed E-state index contributed by atoms with van der Waals surface area (Å²) in [4.78, 5) is 24.2. The lowest BCUT2D eigenvalue weighted by Gasteiger charge is -2.06. The summed E-state index contributed by atoms with van der Waals surface area (Å²) in [5.74, 6) is -0.487. The average Bonchev–Trinajstić information content (AvgIpc) is 2.94. The molecule has 0 fully saturated rings. The molecule has 5 heteroatoms. The normalized spacial score (nSPS) is 10.8. The summed E-state index contributed by atoms with van der Waals surface area (Å²) in [6, 6.07) is 12.8. The smallest absolute Gasteiger partial charge is 0.339 e. The van der Waals surface area contributed by atoms with Gasteiger partial charge >= 0.3 is 5.97 Å². The molecule has 0 atom stereocenters. The SMILES string of the molecule is CCOC(=O)c1ccc2cc(-c3ccc(N)cc3)c(C(C)=O)n2c1. The number of aromatic nitrogens is 1. The number of nitrogen functional groups attached to an aromatic ring is 1. The Bertz CT molecular complexity index is 924. The summed E-state index contributed by atoms with van der Waals surface area (Å²) in [6.07, 6.45) is 1.64. The number of Topliss-reactive ketones (excluding diaryl/α,β-unsaturated/α-hetero) is 1. The Hall–Kier alpha value is -3.08. The molecule has 0 saturated carbocycles. The predicted molar refractivity (Wildman–Crippen MR) is 93.2 cm³/mol. The van der Waals surface area contributed by atoms with E-state index in [0.29, 0.717) is 23.6 Å². The zero-order valence-corrected chi connectivity index (χ0v) is 13.6. The minimum atomic E-state index is -0.406. The van der Waals surface area contributed by atoms with Gasteiger partial charge < -0.3 is 14.9 Å². The number of anilines is 1. The molecular weight excluding hydrogens is 304 g/mol. The van der Waals surface area contributed by atoms with E-state index in [0.717, 1.165) is 16.6 Å². The van der Waals surface area contributed by atoms with Crippen molar-refractivity contribution in [3.63, 3.8) is 0 Å². The van der Waals surface area contributed by atoms with Gasteiger partial charge in [0.2, 0.25) is 0 Å². The highest BCUT2D eigenvalue weighted by atomic mass is 16.5. The molecule has 2 N–H and O–H groups in total. The van der Waals surface area contributed by atoms with Crippen molar-refractivity contribution in [1.82, 2.24) is 4.40 Å². The first kappa shape index (κ1) is 15.8. The van der Waals surface area contributed by atoms with Gasteiger partial charge in [-0.05, 0) is 42.8 Å². The topological polar surface area (TPSA) is 73.8 Å². The molecule has 0 unspecified atom stereocenters. The number of benzene rings is 1. The summed E-state index contributed by atoms with van der Waals surface area (Å²) >= 11 is 0. The molecule has 2 aromatic heterocycles. The molecule has 0 radical (unpaired) electrons. The van der Waals surface area contributed by atoms with Crippen LogP contribution in [0.4, 0.5) is 5.69 Å². The molecule has 0 spiro atoms. The highest BCUT2D eigenvalue weighted by Gasteiger charge is 2.17. The first-order valence-electron chi connectivity index (χ1n) is 7.70. The van der Waals surface area contributed by atoms with Crippen LogP contribution in [0.25, 0.3) is 16.6 Å². The summed E-state index contributed by atoms with van der Waals surface area (Å²) in [5.41, 5.74) is 9.88. The Morgan fingerprint density at radius 2 is 1.83 bits per heavy atom. The van der Waals surface area contributed by atoms with Gasteiger partial charge in [-0.1, -0.05) is 12.1 Å². The molecule has 3 rings (SSSR count). The lowest BCUT2D eigenvalue weighted by Crippen LogP contribution is -2.07. The van der Waals surface area contributed by atoms with Crippen molar-refractivity contribution >= 4 is 23.0 Å². The minimum absolute atomic E-state index is 0.0807. The molecule has 0 aliphatic heterocycles. The molecule has 0 aliphatic rings. The van der Waals surface area contributed by atoms with Crippen molar-refractivity contribution in [1.29, 1.82) is 0 Å². The number of rotatable bonds is 4. The zero-order chi connectivity index (χ0) is 17.3. The van der Waals surface area contributed by atoms with Crippen molar-refractivity contribution in [3.05, 3.63) is 59.9 Å². The fraction of sp³-hybridized carbons (Fsp3) is 0.158. The van der Waals surface area contributed by atoms with Gasteiger partial charge in [0.05, 0.1) is 17.9 Å². The Kier molecular flexibility index (Phi) is 4.08. The number of carbonyl (C=O) groups excluding carboxylic acids is 2. The van der Waals surface area contributed by atoms with Gasteiger partial charge in [0.25, 0.3) is 0 Å². The number of esters is 1. The standard InChI is InChI=1S/C19H18N2O3/c1-3-24-19(23)14-6-9-16-10-17(13-4-7-15(20)8-5-13)18(12(2)22)21(16)11-14/h4-11H,3,20H2,1-2H3. The maximum atomic E-state index is 12.2. The van der Waals surface area contributed by atoms with E-state index >= 15 is 0 Å². The van der Waals surface area contributed by atoms with Crippen LogP contribution < -0.4 is 5.73 Å². The van der Waals surface area contributed by atoms with Gasteiger partial charge in [-0.3, -0.25) is 4.79 Å². The molecule has 1 aromatic carbocycles. The summed E-state index contributed by atoms with van der Waals surface area (Å²) in [5, 5.41) is 0. The van der Waals surface area contributed by atoms with E-state index in [1.165, 1.54) is 6.92 Å². The Morgan fingerprint density at radius 1 is 1.12 bits per heavy atom. The number of ether oxygens (including phenoxy) is 1. The van der Waals surface area contributed by atoms with E-state index < -0.39 is 5.97 Å². The van der Waals surface area contributed by atoms with Crippen molar-refractivity contribution in [2.45, 2.75) is 13.8 Å². The van der Waals surface area contributed by atoms with Crippen molar-refractivity contribution in [2.75, 3.05) is 12.3 Å². The molecule has 0 aliphatic carbocycles. The van der Waals surface area contributed by atoms with Gasteiger partial charge in [-0.2, -0.15) is 0 Å². The number of ketones is 1. The van der Waals surface area contributed by atoms with Gasteiger partial charge in [0, 0.05) is 29.9 Å². The fourth-order valence-electron chi connectivity index (χ4n) is 2.75. The van der Waals surface area contributed by atoms with E-state index in [1.54, 1.807) is 41.8 Å². The highest BCUT2D eigenvalue weighted by Crippen LogP contribution is 2.29. The third-order valence-electron chi connectivity index (χ3n) is 3.83. The molecule has 24 heavy (non-hydrogen) atoms. The summed E-state index contributed by atoms with van der Waals surface area (Å²) < 4.78 is 6.77. The molecule has 5 nitrogen and oxygen atoms in total. The maximum Gasteiger partial charge on any atom is 0.339 e. The Morgan fingerprint density at radius 3 is 2.46 bits per heavy atom. The zero-order valence-electron chi connectivity index (χ0n) is 13.6. The van der Waals surface area contributed by atoms with Crippen LogP contribution >= 0.6 is 0 Å². The molecule has 3 aromatic rings. The first-order chi connectivity index (χ1) is 11.5. The molecule has 0 amide bonds. The van der Waals surface area contributed by atoms with Crippen LogP contribution in [0.15, 0.2) is 48.7 Å². The van der Waals surface area contributed by atoms with E-state index in [9.17, 15) is 9.59 Å². The third-order valence-corrected chi connectivity index (χ3v) is 3.83. The van der Waals surface area contributed by atoms with E-state index in [1.807, 2.05) is 18.2 Å². The number of carbonyl (C=O) groups is 2. The Balaban J connectivity index is 2.20. The molecule has 0 bridgehead atoms. The van der Waals surface area contributed by atoms with E-state index in [-0.39, 0.29) is 5.78 Å². The fourth-order valence-corrected chi connectivity index (χ4v) is 2.75. The Labute approximate surface area is 139 Å². The monoisotopic (exact) mass is 322 g/mol. The van der Waals surface area contributed by atoms with Gasteiger partial charge in [-0.25, -0.2) is 4.79 Å².